The molecule has 5 fully saturated rings. The van der Waals surface area contributed by atoms with Crippen molar-refractivity contribution in [2.45, 2.75) is 64.0 Å². The second-order valence-corrected chi connectivity index (χ2v) is 17.2. The van der Waals surface area contributed by atoms with Crippen molar-refractivity contribution in [1.82, 2.24) is 15.1 Å². The van der Waals surface area contributed by atoms with E-state index in [0.717, 1.165) is 102 Å². The maximum atomic E-state index is 15.7. The summed E-state index contributed by atoms with van der Waals surface area (Å²) in [5, 5.41) is 15.5. The number of imide groups is 1. The highest BCUT2D eigenvalue weighted by molar-refractivity contribution is 6.32. The number of benzene rings is 3. The van der Waals surface area contributed by atoms with Gasteiger partial charge in [0, 0.05) is 101 Å². The lowest BCUT2D eigenvalue weighted by molar-refractivity contribution is -0.133. The van der Waals surface area contributed by atoms with Gasteiger partial charge in [-0.25, -0.2) is 4.39 Å². The number of hydrogen-bond acceptors (Lipinski definition) is 9. The lowest BCUT2D eigenvalue weighted by Gasteiger charge is -2.40. The molecule has 5 saturated heterocycles. The van der Waals surface area contributed by atoms with Crippen LogP contribution < -0.4 is 25.3 Å². The Labute approximate surface area is 339 Å². The SMILES string of the molecule is C[C@H]1CC2(CCN(c3ccc(C(=O)N4CCC(CN5CCN(c6cccc(N[C@H]7CCC(=O)NC7=O)c6)CC5)CC4)cc3F)CC2)CN1c1ccc(C#N)c(Cl)c1. The van der Waals surface area contributed by atoms with E-state index in [2.05, 4.69) is 55.4 Å². The van der Waals surface area contributed by atoms with E-state index >= 15 is 4.39 Å². The van der Waals surface area contributed by atoms with Crippen molar-refractivity contribution in [2.24, 2.45) is 11.3 Å². The molecule has 2 N–H and O–H groups in total. The van der Waals surface area contributed by atoms with Crippen molar-refractivity contribution in [3.63, 3.8) is 0 Å². The minimum atomic E-state index is -0.407. The fourth-order valence-corrected chi connectivity index (χ4v) is 10.0. The zero-order valence-corrected chi connectivity index (χ0v) is 33.4. The highest BCUT2D eigenvalue weighted by atomic mass is 35.5. The Kier molecular flexibility index (Phi) is 11.3. The first kappa shape index (κ1) is 39.0. The second kappa shape index (κ2) is 16.5. The van der Waals surface area contributed by atoms with Gasteiger partial charge in [0.25, 0.3) is 5.91 Å². The summed E-state index contributed by atoms with van der Waals surface area (Å²) in [4.78, 5) is 48.6. The Hall–Kier alpha value is -4.86. The molecule has 3 aromatic carbocycles. The Morgan fingerprint density at radius 1 is 0.930 bits per heavy atom. The van der Waals surface area contributed by atoms with E-state index in [0.29, 0.717) is 59.7 Å². The first-order chi connectivity index (χ1) is 27.6. The first-order valence-corrected chi connectivity index (χ1v) is 20.9. The topological polar surface area (TPSA) is 115 Å². The number of carbonyl (C=O) groups excluding carboxylic acids is 3. The fourth-order valence-electron chi connectivity index (χ4n) is 9.80. The van der Waals surface area contributed by atoms with E-state index in [1.807, 2.05) is 29.2 Å². The molecule has 5 aliphatic heterocycles. The maximum absolute atomic E-state index is 15.7. The van der Waals surface area contributed by atoms with Crippen LogP contribution in [0.15, 0.2) is 60.7 Å². The standard InChI is InChI=1S/C44H52ClFN8O3/c1-30-26-44(29-54(30)36-7-5-33(27-47)37(45)25-36)13-17-52(18-14-44)40-9-6-32(23-38(40)46)43(57)53-15-11-31(12-16-53)28-50-19-21-51(22-20-50)35-4-2-3-34(24-35)48-39-8-10-41(55)49-42(39)56/h2-7,9,23-25,30-31,39,48H,8,10-22,26,28-29H2,1H3,(H,49,55,56)/t30-,39-/m0/s1. The lowest BCUT2D eigenvalue weighted by Crippen LogP contribution is -2.49. The molecule has 0 saturated carbocycles. The van der Waals surface area contributed by atoms with Crippen molar-refractivity contribution in [3.8, 4) is 6.07 Å². The average Bonchev–Trinajstić information content (AvgIpc) is 3.54. The number of nitriles is 1. The summed E-state index contributed by atoms with van der Waals surface area (Å²) in [5.74, 6) is -0.405. The van der Waals surface area contributed by atoms with Crippen LogP contribution >= 0.6 is 11.6 Å². The number of piperidine rings is 3. The van der Waals surface area contributed by atoms with Gasteiger partial charge in [0.15, 0.2) is 0 Å². The highest BCUT2D eigenvalue weighted by Gasteiger charge is 2.44. The van der Waals surface area contributed by atoms with Gasteiger partial charge >= 0.3 is 0 Å². The number of nitrogens with zero attached hydrogens (tertiary/aromatic N) is 6. The molecule has 3 aromatic rings. The van der Waals surface area contributed by atoms with Crippen LogP contribution in [0.3, 0.4) is 0 Å². The normalized spacial score (nSPS) is 23.1. The summed E-state index contributed by atoms with van der Waals surface area (Å²) in [6.07, 6.45) is 5.69. The van der Waals surface area contributed by atoms with Crippen LogP contribution in [0.5, 0.6) is 0 Å². The van der Waals surface area contributed by atoms with Gasteiger partial charge in [0.1, 0.15) is 17.9 Å². The summed E-state index contributed by atoms with van der Waals surface area (Å²) in [5.41, 5.74) is 4.65. The third-order valence-electron chi connectivity index (χ3n) is 13.1. The molecular formula is C44H52ClFN8O3. The largest absolute Gasteiger partial charge is 0.374 e. The molecule has 0 aliphatic carbocycles. The van der Waals surface area contributed by atoms with Crippen LogP contribution in [0.2, 0.25) is 5.02 Å². The van der Waals surface area contributed by atoms with Crippen LogP contribution in [0.4, 0.5) is 27.1 Å². The number of rotatable bonds is 8. The summed E-state index contributed by atoms with van der Waals surface area (Å²) in [7, 11) is 0. The van der Waals surface area contributed by atoms with Gasteiger partial charge < -0.3 is 24.9 Å². The molecule has 1 spiro atoms. The molecule has 13 heteroatoms. The third kappa shape index (κ3) is 8.56. The zero-order valence-electron chi connectivity index (χ0n) is 32.7. The lowest BCUT2D eigenvalue weighted by atomic mass is 9.76. The van der Waals surface area contributed by atoms with Crippen molar-refractivity contribution < 1.29 is 18.8 Å². The Balaban J connectivity index is 0.778. The number of piperazine rings is 1. The van der Waals surface area contributed by atoms with E-state index in [1.165, 1.54) is 6.07 Å². The first-order valence-electron chi connectivity index (χ1n) is 20.5. The Morgan fingerprint density at radius 2 is 1.70 bits per heavy atom. The number of amides is 3. The zero-order chi connectivity index (χ0) is 39.7. The number of hydrogen-bond donors (Lipinski definition) is 2. The molecular weight excluding hydrogens is 743 g/mol. The molecule has 2 atom stereocenters. The van der Waals surface area contributed by atoms with E-state index < -0.39 is 6.04 Å². The van der Waals surface area contributed by atoms with Gasteiger partial charge in [-0.2, -0.15) is 5.26 Å². The van der Waals surface area contributed by atoms with Gasteiger partial charge in [-0.1, -0.05) is 17.7 Å². The van der Waals surface area contributed by atoms with E-state index in [1.54, 1.807) is 18.2 Å². The predicted molar refractivity (Wildman–Crippen MR) is 221 cm³/mol. The Bertz CT molecular complexity index is 2030. The summed E-state index contributed by atoms with van der Waals surface area (Å²) < 4.78 is 15.7. The molecule has 5 aliphatic rings. The molecule has 3 amide bonds. The Morgan fingerprint density at radius 3 is 2.40 bits per heavy atom. The van der Waals surface area contributed by atoms with Crippen LogP contribution in [-0.2, 0) is 9.59 Å². The fraction of sp³-hybridized carbons (Fsp3) is 0.500. The van der Waals surface area contributed by atoms with Gasteiger partial charge in [0.05, 0.1) is 16.3 Å². The number of anilines is 4. The predicted octanol–water partition coefficient (Wildman–Crippen LogP) is 6.13. The van der Waals surface area contributed by atoms with Gasteiger partial charge in [0.2, 0.25) is 11.8 Å². The average molecular weight is 795 g/mol. The molecule has 5 heterocycles. The van der Waals surface area contributed by atoms with Crippen LogP contribution in [0.1, 0.15) is 67.8 Å². The van der Waals surface area contributed by atoms with Crippen LogP contribution in [-0.4, -0.2) is 105 Å². The number of likely N-dealkylation sites (tertiary alicyclic amines) is 1. The van der Waals surface area contributed by atoms with Gasteiger partial charge in [-0.15, -0.1) is 0 Å². The molecule has 0 aromatic heterocycles. The van der Waals surface area contributed by atoms with Crippen molar-refractivity contribution in [2.75, 3.05) is 85.5 Å². The van der Waals surface area contributed by atoms with Crippen LogP contribution in [0, 0.1) is 28.5 Å². The van der Waals surface area contributed by atoms with Crippen molar-refractivity contribution in [3.05, 3.63) is 82.6 Å². The quantitative estimate of drug-likeness (QED) is 0.260. The molecule has 0 radical (unpaired) electrons. The third-order valence-corrected chi connectivity index (χ3v) is 13.4. The monoisotopic (exact) mass is 794 g/mol. The highest BCUT2D eigenvalue weighted by Crippen LogP contribution is 2.46. The van der Waals surface area contributed by atoms with Crippen LogP contribution in [0.25, 0.3) is 0 Å². The molecule has 8 rings (SSSR count). The number of carbonyl (C=O) groups is 3. The minimum absolute atomic E-state index is 0.0950. The van der Waals surface area contributed by atoms with Crippen molar-refractivity contribution in [1.29, 1.82) is 5.26 Å². The summed E-state index contributed by atoms with van der Waals surface area (Å²) in [6.45, 7) is 10.8. The van der Waals surface area contributed by atoms with Crippen molar-refractivity contribution >= 4 is 52.1 Å². The molecule has 0 unspecified atom stereocenters. The van der Waals surface area contributed by atoms with E-state index in [-0.39, 0.29) is 29.0 Å². The number of nitrogens with one attached hydrogen (secondary N) is 2. The van der Waals surface area contributed by atoms with E-state index in [9.17, 15) is 19.6 Å². The minimum Gasteiger partial charge on any atom is -0.374 e. The van der Waals surface area contributed by atoms with E-state index in [4.69, 9.17) is 11.6 Å². The second-order valence-electron chi connectivity index (χ2n) is 16.8. The molecule has 57 heavy (non-hydrogen) atoms. The number of halogens is 2. The smallest absolute Gasteiger partial charge is 0.253 e. The maximum Gasteiger partial charge on any atom is 0.253 e. The molecule has 11 nitrogen and oxygen atoms in total. The summed E-state index contributed by atoms with van der Waals surface area (Å²) >= 11 is 6.36. The van der Waals surface area contributed by atoms with Gasteiger partial charge in [-0.3, -0.25) is 24.6 Å². The molecule has 300 valence electrons. The summed E-state index contributed by atoms with van der Waals surface area (Å²) in [6, 6.07) is 20.9. The molecule has 0 bridgehead atoms. The van der Waals surface area contributed by atoms with Gasteiger partial charge in [-0.05, 0) is 111 Å².